The molecule has 2 bridgehead atoms. The first-order valence-corrected chi connectivity index (χ1v) is 12.3. The summed E-state index contributed by atoms with van der Waals surface area (Å²) >= 11 is 0. The third-order valence-electron chi connectivity index (χ3n) is 7.67. The molecule has 3 aliphatic rings. The average Bonchev–Trinajstić information content (AvgIpc) is 2.90. The SMILES string of the molecule is Oc1ccc([C@]23C[C@H](c4ccccc4O2)c2c(cc(O)c4c2O[C@H](c2ccc(O)c(O)c2)[C@@H](O)C4)O3)cc1. The maximum Gasteiger partial charge on any atom is 0.278 e. The van der Waals surface area contributed by atoms with Crippen LogP contribution in [0.3, 0.4) is 0 Å². The minimum absolute atomic E-state index is 0.0704. The smallest absolute Gasteiger partial charge is 0.278 e. The molecule has 192 valence electrons. The van der Waals surface area contributed by atoms with E-state index in [0.717, 1.165) is 11.1 Å². The maximum absolute atomic E-state index is 11.0. The van der Waals surface area contributed by atoms with Crippen LogP contribution in [0.5, 0.6) is 40.2 Å². The van der Waals surface area contributed by atoms with Crippen LogP contribution in [0.15, 0.2) is 72.8 Å². The van der Waals surface area contributed by atoms with Crippen molar-refractivity contribution in [2.75, 3.05) is 0 Å². The highest BCUT2D eigenvalue weighted by Crippen LogP contribution is 2.60. The van der Waals surface area contributed by atoms with Gasteiger partial charge < -0.3 is 39.7 Å². The summed E-state index contributed by atoms with van der Waals surface area (Å²) in [5.41, 5.74) is 3.35. The van der Waals surface area contributed by atoms with E-state index >= 15 is 0 Å². The third kappa shape index (κ3) is 3.27. The molecule has 3 heterocycles. The van der Waals surface area contributed by atoms with Gasteiger partial charge in [-0.05, 0) is 48.0 Å². The number of benzene rings is 4. The number of para-hydroxylation sites is 1. The molecular weight excluding hydrogens is 488 g/mol. The van der Waals surface area contributed by atoms with Crippen molar-refractivity contribution in [2.24, 2.45) is 0 Å². The maximum atomic E-state index is 11.0. The Morgan fingerprint density at radius 2 is 1.53 bits per heavy atom. The molecule has 38 heavy (non-hydrogen) atoms. The monoisotopic (exact) mass is 512 g/mol. The predicted octanol–water partition coefficient (Wildman–Crippen LogP) is 4.71. The lowest BCUT2D eigenvalue weighted by atomic mass is 9.76. The van der Waals surface area contributed by atoms with E-state index in [1.165, 1.54) is 18.2 Å². The topological polar surface area (TPSA) is 129 Å². The van der Waals surface area contributed by atoms with Gasteiger partial charge in [-0.25, -0.2) is 0 Å². The number of aromatic hydroxyl groups is 4. The molecule has 0 amide bonds. The van der Waals surface area contributed by atoms with Crippen LogP contribution in [0.2, 0.25) is 0 Å². The van der Waals surface area contributed by atoms with E-state index in [0.29, 0.717) is 40.4 Å². The summed E-state index contributed by atoms with van der Waals surface area (Å²) < 4.78 is 19.4. The molecule has 0 saturated carbocycles. The Morgan fingerprint density at radius 3 is 2.32 bits per heavy atom. The normalized spacial score (nSPS) is 24.6. The first kappa shape index (κ1) is 22.6. The van der Waals surface area contributed by atoms with Gasteiger partial charge in [-0.15, -0.1) is 0 Å². The van der Waals surface area contributed by atoms with Gasteiger partial charge in [0.1, 0.15) is 34.9 Å². The number of phenolic OH excluding ortho intramolecular Hbond substituents is 4. The molecule has 0 aliphatic carbocycles. The zero-order chi connectivity index (χ0) is 26.2. The van der Waals surface area contributed by atoms with Crippen molar-refractivity contribution in [3.8, 4) is 40.2 Å². The molecule has 3 aliphatic heterocycles. The van der Waals surface area contributed by atoms with E-state index < -0.39 is 18.0 Å². The number of rotatable bonds is 2. The van der Waals surface area contributed by atoms with Crippen molar-refractivity contribution in [1.82, 2.24) is 0 Å². The number of ether oxygens (including phenoxy) is 3. The number of fused-ring (bicyclic) bond motifs is 8. The third-order valence-corrected chi connectivity index (χ3v) is 7.67. The summed E-state index contributed by atoms with van der Waals surface area (Å²) in [6.07, 6.45) is -1.32. The Kier molecular flexibility index (Phi) is 4.74. The summed E-state index contributed by atoms with van der Waals surface area (Å²) in [5, 5.41) is 51.6. The highest BCUT2D eigenvalue weighted by molar-refractivity contribution is 5.64. The molecule has 0 spiro atoms. The second-order valence-corrected chi connectivity index (χ2v) is 9.97. The second-order valence-electron chi connectivity index (χ2n) is 9.97. The molecule has 5 N–H and O–H groups in total. The van der Waals surface area contributed by atoms with Gasteiger partial charge in [0.15, 0.2) is 11.5 Å². The van der Waals surface area contributed by atoms with Gasteiger partial charge in [-0.2, -0.15) is 0 Å². The van der Waals surface area contributed by atoms with E-state index in [1.54, 1.807) is 30.3 Å². The first-order valence-electron chi connectivity index (χ1n) is 12.3. The van der Waals surface area contributed by atoms with Gasteiger partial charge in [0.25, 0.3) is 5.79 Å². The zero-order valence-electron chi connectivity index (χ0n) is 20.0. The minimum Gasteiger partial charge on any atom is -0.508 e. The van der Waals surface area contributed by atoms with Crippen LogP contribution in [-0.4, -0.2) is 31.6 Å². The van der Waals surface area contributed by atoms with Crippen molar-refractivity contribution in [3.05, 3.63) is 101 Å². The summed E-state index contributed by atoms with van der Waals surface area (Å²) in [6, 6.07) is 20.2. The van der Waals surface area contributed by atoms with Crippen molar-refractivity contribution < 1.29 is 39.7 Å². The number of aliphatic hydroxyl groups excluding tert-OH is 1. The molecule has 4 atom stereocenters. The van der Waals surface area contributed by atoms with Gasteiger partial charge in [0.2, 0.25) is 0 Å². The molecule has 7 rings (SSSR count). The number of hydrogen-bond donors (Lipinski definition) is 5. The average molecular weight is 513 g/mol. The molecule has 0 radical (unpaired) electrons. The van der Waals surface area contributed by atoms with Crippen LogP contribution in [0.25, 0.3) is 0 Å². The molecule has 0 unspecified atom stereocenters. The van der Waals surface area contributed by atoms with Crippen LogP contribution in [0, 0.1) is 0 Å². The van der Waals surface area contributed by atoms with E-state index in [4.69, 9.17) is 14.2 Å². The summed E-state index contributed by atoms with van der Waals surface area (Å²) in [6.45, 7) is 0. The molecule has 8 heteroatoms. The van der Waals surface area contributed by atoms with Gasteiger partial charge in [0.05, 0.1) is 6.10 Å². The van der Waals surface area contributed by atoms with E-state index in [9.17, 15) is 25.5 Å². The Labute approximate surface area is 217 Å². The fourth-order valence-electron chi connectivity index (χ4n) is 5.86. The van der Waals surface area contributed by atoms with E-state index in [2.05, 4.69) is 0 Å². The molecule has 8 nitrogen and oxygen atoms in total. The number of aliphatic hydroxyl groups is 1. The molecule has 4 aromatic rings. The Balaban J connectivity index is 1.41. The summed E-state index contributed by atoms with van der Waals surface area (Å²) in [7, 11) is 0. The predicted molar refractivity (Wildman–Crippen MR) is 135 cm³/mol. The molecule has 0 aromatic heterocycles. The van der Waals surface area contributed by atoms with Crippen molar-refractivity contribution in [1.29, 1.82) is 0 Å². The summed E-state index contributed by atoms with van der Waals surface area (Å²) in [4.78, 5) is 0. The number of phenols is 4. The molecule has 0 fully saturated rings. The highest BCUT2D eigenvalue weighted by Gasteiger charge is 2.52. The lowest BCUT2D eigenvalue weighted by molar-refractivity contribution is -0.149. The fraction of sp³-hybridized carbons (Fsp3) is 0.200. The van der Waals surface area contributed by atoms with Crippen LogP contribution in [-0.2, 0) is 12.2 Å². The minimum atomic E-state index is -1.20. The van der Waals surface area contributed by atoms with Crippen LogP contribution in [0.4, 0.5) is 0 Å². The van der Waals surface area contributed by atoms with Crippen LogP contribution in [0.1, 0.15) is 46.3 Å². The standard InChI is InChI=1S/C30H24O8/c31-17-8-6-16(7-9-17)30-14-20(18-3-1-2-4-25(18)37-30)27-26(38-30)13-22(33)19-12-24(35)28(36-29(19)27)15-5-10-21(32)23(34)11-15/h1-11,13,20,24,28,31-35H,12,14H2/t20-,24+,28-,30-/m1/s1. The van der Waals surface area contributed by atoms with Gasteiger partial charge in [-0.3, -0.25) is 0 Å². The Morgan fingerprint density at radius 1 is 0.763 bits per heavy atom. The van der Waals surface area contributed by atoms with Crippen molar-refractivity contribution in [2.45, 2.75) is 36.8 Å². The van der Waals surface area contributed by atoms with Gasteiger partial charge in [-0.1, -0.05) is 24.3 Å². The van der Waals surface area contributed by atoms with Crippen molar-refractivity contribution >= 4 is 0 Å². The number of hydrogen-bond acceptors (Lipinski definition) is 8. The Bertz CT molecular complexity index is 1580. The zero-order valence-corrected chi connectivity index (χ0v) is 20.0. The largest absolute Gasteiger partial charge is 0.508 e. The van der Waals surface area contributed by atoms with Gasteiger partial charge >= 0.3 is 0 Å². The van der Waals surface area contributed by atoms with Crippen LogP contribution < -0.4 is 14.2 Å². The lowest BCUT2D eigenvalue weighted by Crippen LogP contribution is -2.47. The van der Waals surface area contributed by atoms with Gasteiger partial charge in [0, 0.05) is 47.1 Å². The Hall–Kier alpha value is -4.56. The highest BCUT2D eigenvalue weighted by atomic mass is 16.7. The molecular formula is C30H24O8. The van der Waals surface area contributed by atoms with Crippen LogP contribution >= 0.6 is 0 Å². The van der Waals surface area contributed by atoms with Crippen molar-refractivity contribution in [3.63, 3.8) is 0 Å². The summed E-state index contributed by atoms with van der Waals surface area (Å²) in [5.74, 6) is -0.493. The lowest BCUT2D eigenvalue weighted by Gasteiger charge is -2.47. The molecule has 4 aromatic carbocycles. The molecule has 0 saturated heterocycles. The van der Waals surface area contributed by atoms with E-state index in [1.807, 2.05) is 24.3 Å². The quantitative estimate of drug-likeness (QED) is 0.244. The second kappa shape index (κ2) is 7.97. The fourth-order valence-corrected chi connectivity index (χ4v) is 5.86. The first-order chi connectivity index (χ1) is 18.3. The van der Waals surface area contributed by atoms with E-state index in [-0.39, 0.29) is 35.3 Å².